The predicted octanol–water partition coefficient (Wildman–Crippen LogP) is 3.42. The lowest BCUT2D eigenvalue weighted by Crippen LogP contribution is -2.38. The largest absolute Gasteiger partial charge is 0.454 e. The van der Waals surface area contributed by atoms with Crippen molar-refractivity contribution in [1.82, 2.24) is 4.31 Å². The van der Waals surface area contributed by atoms with Crippen molar-refractivity contribution in [2.45, 2.75) is 43.2 Å². The Labute approximate surface area is 159 Å². The van der Waals surface area contributed by atoms with Crippen molar-refractivity contribution in [2.75, 3.05) is 6.79 Å². The van der Waals surface area contributed by atoms with Crippen molar-refractivity contribution >= 4 is 10.0 Å². The average Bonchev–Trinajstić information content (AvgIpc) is 3.37. The Bertz CT molecular complexity index is 991. The maximum Gasteiger partial charge on any atom is 0.244 e. The van der Waals surface area contributed by atoms with Gasteiger partial charge in [-0.1, -0.05) is 31.0 Å². The zero-order valence-corrected chi connectivity index (χ0v) is 15.6. The van der Waals surface area contributed by atoms with Gasteiger partial charge in [0, 0.05) is 12.6 Å². The summed E-state index contributed by atoms with van der Waals surface area (Å²) in [6.07, 6.45) is 3.69. The molecule has 0 unspecified atom stereocenters. The Morgan fingerprint density at radius 2 is 1.81 bits per heavy atom. The van der Waals surface area contributed by atoms with Crippen LogP contribution in [0.3, 0.4) is 0 Å². The van der Waals surface area contributed by atoms with E-state index in [0.29, 0.717) is 11.5 Å². The number of nitrogens with zero attached hydrogens (tertiary/aromatic N) is 2. The fourth-order valence-corrected chi connectivity index (χ4v) is 5.55. The van der Waals surface area contributed by atoms with Gasteiger partial charge in [-0.3, -0.25) is 0 Å². The average molecular weight is 384 g/mol. The molecular weight excluding hydrogens is 364 g/mol. The number of hydrogen-bond donors (Lipinski definition) is 0. The molecule has 2 aromatic carbocycles. The maximum atomic E-state index is 13.5. The lowest BCUT2D eigenvalue weighted by atomic mass is 10.1. The standard InChI is InChI=1S/C20H20N2O4S/c21-12-16-5-1-4-8-20(16)27(23,24)22(17-6-2-3-7-17)13-15-9-10-18-19(11-15)26-14-25-18/h1,4-5,8-11,17H,2-3,6-7,13-14H2. The van der Waals surface area contributed by atoms with Crippen LogP contribution in [0.4, 0.5) is 0 Å². The quantitative estimate of drug-likeness (QED) is 0.789. The number of ether oxygens (including phenoxy) is 2. The van der Waals surface area contributed by atoms with Crippen molar-refractivity contribution in [3.63, 3.8) is 0 Å². The van der Waals surface area contributed by atoms with E-state index in [-0.39, 0.29) is 29.8 Å². The molecule has 1 aliphatic heterocycles. The van der Waals surface area contributed by atoms with Crippen LogP contribution in [0.1, 0.15) is 36.8 Å². The highest BCUT2D eigenvalue weighted by Crippen LogP contribution is 2.35. The van der Waals surface area contributed by atoms with Crippen LogP contribution < -0.4 is 9.47 Å². The van der Waals surface area contributed by atoms with Gasteiger partial charge in [-0.05, 0) is 42.7 Å². The topological polar surface area (TPSA) is 79.6 Å². The second-order valence-corrected chi connectivity index (χ2v) is 8.64. The molecule has 0 N–H and O–H groups in total. The molecule has 1 saturated carbocycles. The summed E-state index contributed by atoms with van der Waals surface area (Å²) in [6, 6.07) is 13.8. The lowest BCUT2D eigenvalue weighted by Gasteiger charge is -2.28. The first-order chi connectivity index (χ1) is 13.1. The van der Waals surface area contributed by atoms with Crippen molar-refractivity contribution < 1.29 is 17.9 Å². The van der Waals surface area contributed by atoms with Crippen LogP contribution in [0.5, 0.6) is 11.5 Å². The summed E-state index contributed by atoms with van der Waals surface area (Å²) in [5.41, 5.74) is 1.01. The summed E-state index contributed by atoms with van der Waals surface area (Å²) in [5.74, 6) is 1.30. The Hall–Kier alpha value is -2.56. The highest BCUT2D eigenvalue weighted by Gasteiger charge is 2.35. The smallest absolute Gasteiger partial charge is 0.244 e. The second kappa shape index (κ2) is 7.22. The molecule has 2 aromatic rings. The van der Waals surface area contributed by atoms with Crippen LogP contribution in [-0.4, -0.2) is 25.6 Å². The summed E-state index contributed by atoms with van der Waals surface area (Å²) >= 11 is 0. The molecule has 0 aromatic heterocycles. The third kappa shape index (κ3) is 3.38. The van der Waals surface area contributed by atoms with E-state index < -0.39 is 10.0 Å². The van der Waals surface area contributed by atoms with Gasteiger partial charge in [0.15, 0.2) is 11.5 Å². The van der Waals surface area contributed by atoms with Crippen LogP contribution in [-0.2, 0) is 16.6 Å². The van der Waals surface area contributed by atoms with Crippen LogP contribution in [0.15, 0.2) is 47.4 Å². The number of rotatable bonds is 5. The zero-order chi connectivity index (χ0) is 18.9. The summed E-state index contributed by atoms with van der Waals surface area (Å²) in [5, 5.41) is 9.36. The summed E-state index contributed by atoms with van der Waals surface area (Å²) < 4.78 is 39.2. The van der Waals surface area contributed by atoms with Gasteiger partial charge in [0.1, 0.15) is 6.07 Å². The van der Waals surface area contributed by atoms with Gasteiger partial charge in [-0.2, -0.15) is 9.57 Å². The first-order valence-corrected chi connectivity index (χ1v) is 10.4. The number of sulfonamides is 1. The zero-order valence-electron chi connectivity index (χ0n) is 14.8. The summed E-state index contributed by atoms with van der Waals surface area (Å²) in [4.78, 5) is 0.0696. The molecule has 140 valence electrons. The molecule has 7 heteroatoms. The minimum absolute atomic E-state index is 0.0628. The third-order valence-electron chi connectivity index (χ3n) is 5.10. The molecule has 27 heavy (non-hydrogen) atoms. The van der Waals surface area contributed by atoms with E-state index in [4.69, 9.17) is 9.47 Å². The lowest BCUT2D eigenvalue weighted by molar-refractivity contribution is 0.174. The number of nitriles is 1. The normalized spacial score (nSPS) is 16.6. The minimum Gasteiger partial charge on any atom is -0.454 e. The van der Waals surface area contributed by atoms with Crippen LogP contribution in [0.2, 0.25) is 0 Å². The molecule has 0 atom stereocenters. The first kappa shape index (κ1) is 17.8. The van der Waals surface area contributed by atoms with Gasteiger partial charge >= 0.3 is 0 Å². The van der Waals surface area contributed by atoms with Gasteiger partial charge in [-0.15, -0.1) is 0 Å². The van der Waals surface area contributed by atoms with Gasteiger partial charge in [0.05, 0.1) is 10.5 Å². The Balaban J connectivity index is 1.72. The van der Waals surface area contributed by atoms with Gasteiger partial charge < -0.3 is 9.47 Å². The van der Waals surface area contributed by atoms with Crippen molar-refractivity contribution in [2.24, 2.45) is 0 Å². The fraction of sp³-hybridized carbons (Fsp3) is 0.350. The van der Waals surface area contributed by atoms with E-state index in [1.165, 1.54) is 6.07 Å². The molecule has 0 spiro atoms. The fourth-order valence-electron chi connectivity index (χ4n) is 3.73. The summed E-state index contributed by atoms with van der Waals surface area (Å²) in [7, 11) is -3.80. The van der Waals surface area contributed by atoms with Crippen LogP contribution in [0.25, 0.3) is 0 Å². The Kier molecular flexibility index (Phi) is 4.77. The van der Waals surface area contributed by atoms with E-state index in [1.54, 1.807) is 28.6 Å². The van der Waals surface area contributed by atoms with Gasteiger partial charge in [0.2, 0.25) is 16.8 Å². The molecule has 1 heterocycles. The molecule has 0 amide bonds. The molecule has 6 nitrogen and oxygen atoms in total. The molecule has 0 saturated heterocycles. The third-order valence-corrected chi connectivity index (χ3v) is 7.06. The van der Waals surface area contributed by atoms with Crippen LogP contribution >= 0.6 is 0 Å². The van der Waals surface area contributed by atoms with Crippen molar-refractivity contribution in [1.29, 1.82) is 5.26 Å². The Morgan fingerprint density at radius 3 is 2.59 bits per heavy atom. The maximum absolute atomic E-state index is 13.5. The number of benzene rings is 2. The van der Waals surface area contributed by atoms with Gasteiger partial charge in [-0.25, -0.2) is 8.42 Å². The molecule has 0 bridgehead atoms. The monoisotopic (exact) mass is 384 g/mol. The molecule has 4 rings (SSSR count). The number of fused-ring (bicyclic) bond motifs is 1. The predicted molar refractivity (Wildman–Crippen MR) is 98.7 cm³/mol. The minimum atomic E-state index is -3.80. The van der Waals surface area contributed by atoms with E-state index in [0.717, 1.165) is 31.2 Å². The van der Waals surface area contributed by atoms with E-state index in [1.807, 2.05) is 18.2 Å². The summed E-state index contributed by atoms with van der Waals surface area (Å²) in [6.45, 7) is 0.419. The molecule has 0 radical (unpaired) electrons. The van der Waals surface area contributed by atoms with Crippen LogP contribution in [0, 0.1) is 11.3 Å². The highest BCUT2D eigenvalue weighted by molar-refractivity contribution is 7.89. The highest BCUT2D eigenvalue weighted by atomic mass is 32.2. The van der Waals surface area contributed by atoms with E-state index in [9.17, 15) is 13.7 Å². The SMILES string of the molecule is N#Cc1ccccc1S(=O)(=O)N(Cc1ccc2c(c1)OCO2)C1CCCC1. The van der Waals surface area contributed by atoms with E-state index >= 15 is 0 Å². The first-order valence-electron chi connectivity index (χ1n) is 8.99. The number of hydrogen-bond acceptors (Lipinski definition) is 5. The van der Waals surface area contributed by atoms with Gasteiger partial charge in [0.25, 0.3) is 0 Å². The van der Waals surface area contributed by atoms with Crippen molar-refractivity contribution in [3.8, 4) is 17.6 Å². The van der Waals surface area contributed by atoms with E-state index in [2.05, 4.69) is 0 Å². The Morgan fingerprint density at radius 1 is 1.07 bits per heavy atom. The molecule has 1 fully saturated rings. The molecule has 1 aliphatic carbocycles. The van der Waals surface area contributed by atoms with Crippen molar-refractivity contribution in [3.05, 3.63) is 53.6 Å². The molecular formula is C20H20N2O4S. The molecule has 2 aliphatic rings. The second-order valence-electron chi connectivity index (χ2n) is 6.78.